The number of hydrogen-bond acceptors (Lipinski definition) is 9. The molecule has 13 heteroatoms. The number of rotatable bonds is 7. The first-order valence-electron chi connectivity index (χ1n) is 16.6. The number of aromatic nitrogens is 1. The number of urea groups is 1. The third-order valence-corrected chi connectivity index (χ3v) is 8.68. The molecule has 5 rings (SSSR count). The van der Waals surface area contributed by atoms with Gasteiger partial charge < -0.3 is 44.5 Å². The fourth-order valence-electron chi connectivity index (χ4n) is 5.72. The summed E-state index contributed by atoms with van der Waals surface area (Å²) in [6, 6.07) is 12.6. The Labute approximate surface area is 286 Å². The van der Waals surface area contributed by atoms with Gasteiger partial charge in [-0.1, -0.05) is 6.92 Å². The molecule has 262 valence electrons. The number of anilines is 2. The van der Waals surface area contributed by atoms with E-state index >= 15 is 0 Å². The van der Waals surface area contributed by atoms with Crippen LogP contribution in [0.3, 0.4) is 0 Å². The SMILES string of the molecule is C[C@@H]1CCCCO[C@H](CN(C)C(=O)Nc2ccc3c(c2)OCO3)[C@@H](C)CN([C@@H](C)CO)C(=O)c2cc(NC(=O)c3ccncc3)ccc2O1. The van der Waals surface area contributed by atoms with Crippen molar-refractivity contribution in [3.05, 3.63) is 72.1 Å². The summed E-state index contributed by atoms with van der Waals surface area (Å²) in [6.07, 6.45) is 4.80. The zero-order valence-corrected chi connectivity index (χ0v) is 28.4. The van der Waals surface area contributed by atoms with Crippen molar-refractivity contribution in [2.45, 2.75) is 58.3 Å². The Kier molecular flexibility index (Phi) is 11.9. The van der Waals surface area contributed by atoms with Gasteiger partial charge in [-0.2, -0.15) is 0 Å². The Morgan fingerprint density at radius 2 is 1.71 bits per heavy atom. The van der Waals surface area contributed by atoms with Crippen LogP contribution in [-0.4, -0.2) is 96.1 Å². The van der Waals surface area contributed by atoms with Gasteiger partial charge in [-0.15, -0.1) is 0 Å². The van der Waals surface area contributed by atoms with Crippen LogP contribution in [0.4, 0.5) is 16.2 Å². The Balaban J connectivity index is 1.36. The van der Waals surface area contributed by atoms with Crippen molar-refractivity contribution in [1.82, 2.24) is 14.8 Å². The third kappa shape index (κ3) is 9.18. The Hall–Kier alpha value is -4.88. The second-order valence-corrected chi connectivity index (χ2v) is 12.6. The maximum Gasteiger partial charge on any atom is 0.321 e. The van der Waals surface area contributed by atoms with E-state index in [1.807, 2.05) is 13.8 Å². The smallest absolute Gasteiger partial charge is 0.321 e. The molecule has 2 aliphatic rings. The van der Waals surface area contributed by atoms with E-state index in [1.54, 1.807) is 72.3 Å². The maximum absolute atomic E-state index is 14.4. The highest BCUT2D eigenvalue weighted by Crippen LogP contribution is 2.34. The predicted octanol–water partition coefficient (Wildman–Crippen LogP) is 5.02. The molecule has 4 atom stereocenters. The first-order valence-corrected chi connectivity index (χ1v) is 16.6. The zero-order valence-electron chi connectivity index (χ0n) is 28.4. The number of hydrogen-bond donors (Lipinski definition) is 3. The number of carbonyl (C=O) groups is 3. The number of fused-ring (bicyclic) bond motifs is 2. The molecule has 49 heavy (non-hydrogen) atoms. The van der Waals surface area contributed by atoms with Gasteiger partial charge in [0.05, 0.1) is 30.4 Å². The van der Waals surface area contributed by atoms with Crippen LogP contribution in [0.25, 0.3) is 0 Å². The number of pyridine rings is 1. The lowest BCUT2D eigenvalue weighted by Gasteiger charge is -2.35. The van der Waals surface area contributed by atoms with Gasteiger partial charge in [0.15, 0.2) is 11.5 Å². The first kappa shape index (κ1) is 35.4. The largest absolute Gasteiger partial charge is 0.490 e. The number of nitrogens with one attached hydrogen (secondary N) is 2. The van der Waals surface area contributed by atoms with Crippen LogP contribution >= 0.6 is 0 Å². The summed E-state index contributed by atoms with van der Waals surface area (Å²) in [5, 5.41) is 16.0. The summed E-state index contributed by atoms with van der Waals surface area (Å²) in [6.45, 7) is 6.52. The van der Waals surface area contributed by atoms with E-state index in [1.165, 1.54) is 12.4 Å². The van der Waals surface area contributed by atoms with Gasteiger partial charge in [-0.3, -0.25) is 14.6 Å². The van der Waals surface area contributed by atoms with Crippen LogP contribution in [0.15, 0.2) is 60.9 Å². The number of benzene rings is 2. The normalized spacial score (nSPS) is 20.3. The lowest BCUT2D eigenvalue weighted by atomic mass is 10.0. The molecule has 0 unspecified atom stereocenters. The first-order chi connectivity index (χ1) is 23.6. The molecule has 0 saturated heterocycles. The van der Waals surface area contributed by atoms with Crippen molar-refractivity contribution in [2.75, 3.05) is 50.8 Å². The number of amides is 4. The van der Waals surface area contributed by atoms with E-state index in [2.05, 4.69) is 15.6 Å². The molecule has 3 heterocycles. The Morgan fingerprint density at radius 3 is 2.47 bits per heavy atom. The molecule has 4 amide bonds. The summed E-state index contributed by atoms with van der Waals surface area (Å²) >= 11 is 0. The monoisotopic (exact) mass is 675 g/mol. The predicted molar refractivity (Wildman–Crippen MR) is 183 cm³/mol. The summed E-state index contributed by atoms with van der Waals surface area (Å²) in [7, 11) is 1.69. The molecular formula is C36H45N5O8. The maximum atomic E-state index is 14.4. The molecule has 0 radical (unpaired) electrons. The van der Waals surface area contributed by atoms with Crippen molar-refractivity contribution in [1.29, 1.82) is 0 Å². The minimum atomic E-state index is -0.545. The van der Waals surface area contributed by atoms with Crippen LogP contribution < -0.4 is 24.8 Å². The van der Waals surface area contributed by atoms with Crippen LogP contribution in [-0.2, 0) is 4.74 Å². The van der Waals surface area contributed by atoms with Crippen molar-refractivity contribution < 1.29 is 38.4 Å². The quantitative estimate of drug-likeness (QED) is 0.314. The minimum absolute atomic E-state index is 0.138. The molecule has 2 aliphatic heterocycles. The third-order valence-electron chi connectivity index (χ3n) is 8.68. The van der Waals surface area contributed by atoms with Crippen molar-refractivity contribution in [2.24, 2.45) is 5.92 Å². The van der Waals surface area contributed by atoms with E-state index in [-0.39, 0.29) is 61.9 Å². The fourth-order valence-corrected chi connectivity index (χ4v) is 5.72. The van der Waals surface area contributed by atoms with E-state index < -0.39 is 12.1 Å². The topological polar surface area (TPSA) is 152 Å². The van der Waals surface area contributed by atoms with Crippen LogP contribution in [0, 0.1) is 5.92 Å². The molecule has 1 aromatic heterocycles. The molecule has 0 spiro atoms. The summed E-state index contributed by atoms with van der Waals surface area (Å²) < 4.78 is 23.5. The average molecular weight is 676 g/mol. The Bertz CT molecular complexity index is 1610. The van der Waals surface area contributed by atoms with Crippen LogP contribution in [0.5, 0.6) is 17.2 Å². The Morgan fingerprint density at radius 1 is 1.00 bits per heavy atom. The zero-order chi connectivity index (χ0) is 34.9. The number of carbonyl (C=O) groups excluding carboxylic acids is 3. The highest BCUT2D eigenvalue weighted by Gasteiger charge is 2.31. The fraction of sp³-hybridized carbons (Fsp3) is 0.444. The van der Waals surface area contributed by atoms with Gasteiger partial charge in [0.25, 0.3) is 11.8 Å². The van der Waals surface area contributed by atoms with E-state index in [9.17, 15) is 19.5 Å². The van der Waals surface area contributed by atoms with Gasteiger partial charge in [0.1, 0.15) is 5.75 Å². The van der Waals surface area contributed by atoms with E-state index in [0.717, 1.165) is 19.3 Å². The molecule has 0 bridgehead atoms. The molecule has 2 aromatic carbocycles. The van der Waals surface area contributed by atoms with E-state index in [0.29, 0.717) is 40.8 Å². The van der Waals surface area contributed by atoms with Gasteiger partial charge in [-0.05, 0) is 75.6 Å². The van der Waals surface area contributed by atoms with Gasteiger partial charge in [0.2, 0.25) is 6.79 Å². The summed E-state index contributed by atoms with van der Waals surface area (Å²) in [5.41, 5.74) is 1.69. The average Bonchev–Trinajstić information content (AvgIpc) is 3.58. The minimum Gasteiger partial charge on any atom is -0.490 e. The van der Waals surface area contributed by atoms with Crippen LogP contribution in [0.2, 0.25) is 0 Å². The highest BCUT2D eigenvalue weighted by molar-refractivity contribution is 6.05. The highest BCUT2D eigenvalue weighted by atomic mass is 16.7. The molecule has 0 aliphatic carbocycles. The van der Waals surface area contributed by atoms with Gasteiger partial charge >= 0.3 is 6.03 Å². The van der Waals surface area contributed by atoms with Gasteiger partial charge in [0, 0.05) is 68.1 Å². The van der Waals surface area contributed by atoms with Crippen molar-refractivity contribution >= 4 is 29.2 Å². The van der Waals surface area contributed by atoms with Gasteiger partial charge in [-0.25, -0.2) is 4.79 Å². The second kappa shape index (κ2) is 16.5. The summed E-state index contributed by atoms with van der Waals surface area (Å²) in [4.78, 5) is 47.6. The number of likely N-dealkylation sites (N-methyl/N-ethyl adjacent to an activating group) is 1. The molecule has 3 aromatic rings. The van der Waals surface area contributed by atoms with Crippen molar-refractivity contribution in [3.8, 4) is 17.2 Å². The molecule has 13 nitrogen and oxygen atoms in total. The summed E-state index contributed by atoms with van der Waals surface area (Å²) in [5.74, 6) is 0.646. The molecular weight excluding hydrogens is 630 g/mol. The lowest BCUT2D eigenvalue weighted by molar-refractivity contribution is -0.0115. The molecule has 3 N–H and O–H groups in total. The molecule has 0 fully saturated rings. The standard InChI is InChI=1S/C36H45N5O8/c1-23-19-41(24(2)21-42)35(44)29-17-27(38-34(43)26-12-14-37-15-13-26)8-10-30(29)49-25(3)7-5-6-16-46-33(23)20-40(4)36(45)39-28-9-11-31-32(18-28)48-22-47-31/h8-15,17-18,23-25,33,42H,5-7,16,19-22H2,1-4H3,(H,38,43)(H,39,45)/t23-,24-,25+,33+/m0/s1. The van der Waals surface area contributed by atoms with Crippen LogP contribution in [0.1, 0.15) is 60.7 Å². The van der Waals surface area contributed by atoms with E-state index in [4.69, 9.17) is 18.9 Å². The number of aliphatic hydroxyl groups is 1. The number of aliphatic hydroxyl groups excluding tert-OH is 1. The number of nitrogens with zero attached hydrogens (tertiary/aromatic N) is 3. The molecule has 0 saturated carbocycles. The van der Waals surface area contributed by atoms with Crippen molar-refractivity contribution in [3.63, 3.8) is 0 Å². The number of ether oxygens (including phenoxy) is 4. The lowest BCUT2D eigenvalue weighted by Crippen LogP contribution is -2.48. The second-order valence-electron chi connectivity index (χ2n) is 12.6.